The first kappa shape index (κ1) is 10.5. The van der Waals surface area contributed by atoms with Crippen molar-refractivity contribution in [2.75, 3.05) is 12.8 Å². The van der Waals surface area contributed by atoms with Crippen LogP contribution < -0.4 is 11.1 Å². The monoisotopic (exact) mass is 211 g/mol. The molecule has 0 saturated carbocycles. The van der Waals surface area contributed by atoms with Crippen LogP contribution in [0.15, 0.2) is 18.3 Å². The number of carbonyl (C=O) groups is 1. The number of carbonyl (C=O) groups excluding carboxylic acids is 1. The molecule has 0 spiro atoms. The predicted molar refractivity (Wildman–Crippen MR) is 56.8 cm³/mol. The van der Waals surface area contributed by atoms with E-state index in [4.69, 9.17) is 17.3 Å². The molecule has 14 heavy (non-hydrogen) atoms. The molecule has 3 N–H and O–H groups in total. The molecule has 0 unspecified atom stereocenters. The maximum absolute atomic E-state index is 10.9. The second-order valence-corrected chi connectivity index (χ2v) is 3.01. The van der Waals surface area contributed by atoms with Crippen LogP contribution in [0.1, 0.15) is 5.56 Å². The lowest BCUT2D eigenvalue weighted by atomic mass is 10.2. The summed E-state index contributed by atoms with van der Waals surface area (Å²) in [6.07, 6.45) is 4.38. The zero-order valence-corrected chi connectivity index (χ0v) is 8.38. The smallest absolute Gasteiger partial charge is 0.243 e. The minimum atomic E-state index is -0.204. The summed E-state index contributed by atoms with van der Waals surface area (Å²) in [5, 5.41) is 2.93. The summed E-state index contributed by atoms with van der Waals surface area (Å²) in [7, 11) is 1.55. The average molecular weight is 212 g/mol. The molecule has 5 heteroatoms. The molecule has 0 aromatic carbocycles. The number of anilines is 1. The van der Waals surface area contributed by atoms with Gasteiger partial charge in [-0.25, -0.2) is 4.98 Å². The van der Waals surface area contributed by atoms with E-state index in [1.165, 1.54) is 12.3 Å². The van der Waals surface area contributed by atoms with Gasteiger partial charge in [0.15, 0.2) is 0 Å². The molecule has 0 fully saturated rings. The van der Waals surface area contributed by atoms with E-state index in [0.717, 1.165) is 0 Å². The van der Waals surface area contributed by atoms with Gasteiger partial charge in [-0.2, -0.15) is 0 Å². The predicted octanol–water partition coefficient (Wildman–Crippen LogP) is 1.08. The molecular formula is C9H10ClN3O. The van der Waals surface area contributed by atoms with Crippen LogP contribution in [0.5, 0.6) is 0 Å². The van der Waals surface area contributed by atoms with Gasteiger partial charge >= 0.3 is 0 Å². The van der Waals surface area contributed by atoms with Gasteiger partial charge in [-0.1, -0.05) is 11.6 Å². The van der Waals surface area contributed by atoms with E-state index in [1.807, 2.05) is 0 Å². The van der Waals surface area contributed by atoms with E-state index >= 15 is 0 Å². The van der Waals surface area contributed by atoms with Crippen molar-refractivity contribution in [3.05, 3.63) is 28.9 Å². The Labute approximate surface area is 86.8 Å². The van der Waals surface area contributed by atoms with E-state index < -0.39 is 0 Å². The van der Waals surface area contributed by atoms with Gasteiger partial charge in [-0.15, -0.1) is 0 Å². The van der Waals surface area contributed by atoms with Crippen molar-refractivity contribution in [1.29, 1.82) is 0 Å². The van der Waals surface area contributed by atoms with Gasteiger partial charge in [-0.05, 0) is 12.1 Å². The third-order valence-electron chi connectivity index (χ3n) is 1.58. The number of rotatable bonds is 2. The van der Waals surface area contributed by atoms with Crippen molar-refractivity contribution in [1.82, 2.24) is 10.3 Å². The van der Waals surface area contributed by atoms with Crippen molar-refractivity contribution in [2.45, 2.75) is 0 Å². The van der Waals surface area contributed by atoms with Crippen LogP contribution in [-0.2, 0) is 4.79 Å². The van der Waals surface area contributed by atoms with Crippen molar-refractivity contribution in [2.24, 2.45) is 0 Å². The molecule has 1 rings (SSSR count). The second-order valence-electron chi connectivity index (χ2n) is 2.58. The molecule has 0 bridgehead atoms. The zero-order chi connectivity index (χ0) is 10.6. The maximum Gasteiger partial charge on any atom is 0.243 e. The number of nitrogens with one attached hydrogen (secondary N) is 1. The third kappa shape index (κ3) is 2.74. The molecule has 1 aromatic heterocycles. The van der Waals surface area contributed by atoms with Crippen molar-refractivity contribution >= 4 is 29.4 Å². The lowest BCUT2D eigenvalue weighted by molar-refractivity contribution is -0.115. The molecular weight excluding hydrogens is 202 g/mol. The Bertz CT molecular complexity index is 376. The van der Waals surface area contributed by atoms with Crippen LogP contribution in [0.3, 0.4) is 0 Å². The van der Waals surface area contributed by atoms with Crippen LogP contribution >= 0.6 is 11.6 Å². The van der Waals surface area contributed by atoms with Gasteiger partial charge in [0, 0.05) is 24.9 Å². The molecule has 1 amide bonds. The Hall–Kier alpha value is -1.55. The number of nitrogens with two attached hydrogens (primary N) is 1. The molecule has 0 aliphatic carbocycles. The Morgan fingerprint density at radius 3 is 3.07 bits per heavy atom. The summed E-state index contributed by atoms with van der Waals surface area (Å²) in [5.41, 5.74) is 6.19. The lowest BCUT2D eigenvalue weighted by Gasteiger charge is -1.98. The third-order valence-corrected chi connectivity index (χ3v) is 1.78. The number of nitrogen functional groups attached to an aromatic ring is 1. The topological polar surface area (TPSA) is 68.0 Å². The normalized spacial score (nSPS) is 10.4. The SMILES string of the molecule is CNC(=O)C=Cc1cc(Cl)cnc1N. The summed E-state index contributed by atoms with van der Waals surface area (Å²) in [4.78, 5) is 14.7. The largest absolute Gasteiger partial charge is 0.383 e. The molecule has 0 atom stereocenters. The Balaban J connectivity index is 2.90. The van der Waals surface area contributed by atoms with Crippen LogP contribution in [0, 0.1) is 0 Å². The highest BCUT2D eigenvalue weighted by atomic mass is 35.5. The average Bonchev–Trinajstić information content (AvgIpc) is 2.19. The molecule has 1 heterocycles. The molecule has 0 aliphatic rings. The van der Waals surface area contributed by atoms with Gasteiger partial charge in [0.1, 0.15) is 5.82 Å². The van der Waals surface area contributed by atoms with E-state index in [1.54, 1.807) is 19.2 Å². The fourth-order valence-corrected chi connectivity index (χ4v) is 1.01. The van der Waals surface area contributed by atoms with E-state index in [9.17, 15) is 4.79 Å². The van der Waals surface area contributed by atoms with E-state index in [0.29, 0.717) is 16.4 Å². The van der Waals surface area contributed by atoms with Crippen molar-refractivity contribution in [3.8, 4) is 0 Å². The maximum atomic E-state index is 10.9. The first-order valence-corrected chi connectivity index (χ1v) is 4.32. The summed E-state index contributed by atoms with van der Waals surface area (Å²) in [5.74, 6) is 0.138. The van der Waals surface area contributed by atoms with Crippen LogP contribution in [0.25, 0.3) is 6.08 Å². The quantitative estimate of drug-likeness (QED) is 0.720. The highest BCUT2D eigenvalue weighted by Gasteiger charge is 1.98. The molecule has 1 aromatic rings. The molecule has 74 valence electrons. The Morgan fingerprint density at radius 2 is 2.43 bits per heavy atom. The fraction of sp³-hybridized carbons (Fsp3) is 0.111. The first-order chi connectivity index (χ1) is 6.63. The summed E-state index contributed by atoms with van der Waals surface area (Å²) in [6.45, 7) is 0. The highest BCUT2D eigenvalue weighted by Crippen LogP contribution is 2.15. The Morgan fingerprint density at radius 1 is 1.71 bits per heavy atom. The minimum Gasteiger partial charge on any atom is -0.383 e. The van der Waals surface area contributed by atoms with E-state index in [-0.39, 0.29) is 5.91 Å². The van der Waals surface area contributed by atoms with Gasteiger partial charge in [0.25, 0.3) is 0 Å². The van der Waals surface area contributed by atoms with Crippen molar-refractivity contribution < 1.29 is 4.79 Å². The summed E-state index contributed by atoms with van der Waals surface area (Å²) < 4.78 is 0. The number of aromatic nitrogens is 1. The molecule has 0 aliphatic heterocycles. The number of likely N-dealkylation sites (N-methyl/N-ethyl adjacent to an activating group) is 1. The first-order valence-electron chi connectivity index (χ1n) is 3.94. The van der Waals surface area contributed by atoms with Gasteiger partial charge < -0.3 is 11.1 Å². The van der Waals surface area contributed by atoms with Gasteiger partial charge in [-0.3, -0.25) is 4.79 Å². The number of amides is 1. The molecule has 0 saturated heterocycles. The van der Waals surface area contributed by atoms with Crippen LogP contribution in [0.4, 0.5) is 5.82 Å². The highest BCUT2D eigenvalue weighted by molar-refractivity contribution is 6.30. The fourth-order valence-electron chi connectivity index (χ4n) is 0.848. The molecule has 0 radical (unpaired) electrons. The lowest BCUT2D eigenvalue weighted by Crippen LogP contribution is -2.13. The van der Waals surface area contributed by atoms with Gasteiger partial charge in [0.2, 0.25) is 5.91 Å². The van der Waals surface area contributed by atoms with Gasteiger partial charge in [0.05, 0.1) is 5.02 Å². The van der Waals surface area contributed by atoms with Crippen LogP contribution in [0.2, 0.25) is 5.02 Å². The van der Waals surface area contributed by atoms with E-state index in [2.05, 4.69) is 10.3 Å². The number of hydrogen-bond donors (Lipinski definition) is 2. The number of halogens is 1. The zero-order valence-electron chi connectivity index (χ0n) is 7.62. The number of pyridine rings is 1. The molecule has 4 nitrogen and oxygen atoms in total. The van der Waals surface area contributed by atoms with Crippen molar-refractivity contribution in [3.63, 3.8) is 0 Å². The minimum absolute atomic E-state index is 0.204. The number of nitrogens with zero attached hydrogens (tertiary/aromatic N) is 1. The Kier molecular flexibility index (Phi) is 3.48. The van der Waals surface area contributed by atoms with Crippen LogP contribution in [-0.4, -0.2) is 17.9 Å². The standard InChI is InChI=1S/C9H10ClN3O/c1-12-8(14)3-2-6-4-7(10)5-13-9(6)11/h2-5H,1H3,(H2,11,13)(H,12,14). The number of hydrogen-bond acceptors (Lipinski definition) is 3. The summed E-state index contributed by atoms with van der Waals surface area (Å²) in [6, 6.07) is 1.64. The summed E-state index contributed by atoms with van der Waals surface area (Å²) >= 11 is 5.71. The second kappa shape index (κ2) is 4.62.